The molecule has 1 aromatic heterocycles. The lowest BCUT2D eigenvalue weighted by atomic mass is 10.1. The number of hydrogen-bond acceptors (Lipinski definition) is 6. The Hall–Kier alpha value is -3.06. The first kappa shape index (κ1) is 19.3. The minimum atomic E-state index is -0.129. The number of ether oxygens (including phenoxy) is 2. The fourth-order valence-electron chi connectivity index (χ4n) is 3.02. The minimum Gasteiger partial charge on any atom is -0.497 e. The minimum absolute atomic E-state index is 0.129. The van der Waals surface area contributed by atoms with E-state index in [-0.39, 0.29) is 18.5 Å². The normalized spacial score (nSPS) is 13.2. The van der Waals surface area contributed by atoms with Crippen LogP contribution in [-0.2, 0) is 6.54 Å². The molecule has 0 spiro atoms. The zero-order chi connectivity index (χ0) is 20.4. The van der Waals surface area contributed by atoms with Gasteiger partial charge in [0.25, 0.3) is 5.91 Å². The molecule has 3 aromatic rings. The maximum Gasteiger partial charge on any atom is 0.254 e. The lowest BCUT2D eigenvalue weighted by molar-refractivity contribution is 0.0713. The van der Waals surface area contributed by atoms with E-state index < -0.39 is 0 Å². The van der Waals surface area contributed by atoms with E-state index in [2.05, 4.69) is 10.2 Å². The average Bonchev–Trinajstić information content (AvgIpc) is 3.49. The Kier molecular flexibility index (Phi) is 5.40. The van der Waals surface area contributed by atoms with Crippen molar-refractivity contribution < 1.29 is 18.7 Å². The van der Waals surface area contributed by atoms with Crippen LogP contribution in [0.15, 0.2) is 46.9 Å². The van der Waals surface area contributed by atoms with Crippen molar-refractivity contribution in [2.24, 2.45) is 0 Å². The quantitative estimate of drug-likeness (QED) is 0.577. The topological polar surface area (TPSA) is 77.7 Å². The van der Waals surface area contributed by atoms with Crippen molar-refractivity contribution in [1.82, 2.24) is 15.1 Å². The van der Waals surface area contributed by atoms with Gasteiger partial charge in [0.1, 0.15) is 11.5 Å². The monoisotopic (exact) mass is 413 g/mol. The average molecular weight is 414 g/mol. The molecular weight excluding hydrogens is 394 g/mol. The van der Waals surface area contributed by atoms with Crippen LogP contribution in [0.2, 0.25) is 5.02 Å². The summed E-state index contributed by atoms with van der Waals surface area (Å²) in [5.41, 5.74) is 1.26. The highest BCUT2D eigenvalue weighted by Crippen LogP contribution is 2.32. The van der Waals surface area contributed by atoms with Gasteiger partial charge in [0.15, 0.2) is 0 Å². The number of amides is 1. The Morgan fingerprint density at radius 1 is 1.10 bits per heavy atom. The van der Waals surface area contributed by atoms with Gasteiger partial charge in [-0.3, -0.25) is 4.79 Å². The SMILES string of the molecule is COc1cc(OC)cc(C(=O)N(Cc2nnc(-c3ccc(Cl)cc3)o2)C2CC2)c1. The second-order valence-corrected chi connectivity index (χ2v) is 7.21. The Balaban J connectivity index is 1.56. The van der Waals surface area contributed by atoms with Crippen molar-refractivity contribution in [2.45, 2.75) is 25.4 Å². The molecule has 2 aromatic carbocycles. The first-order valence-electron chi connectivity index (χ1n) is 9.19. The van der Waals surface area contributed by atoms with Gasteiger partial charge in [-0.2, -0.15) is 0 Å². The molecule has 0 unspecified atom stereocenters. The number of benzene rings is 2. The predicted octanol–water partition coefficient (Wildman–Crippen LogP) is 4.21. The standard InChI is InChI=1S/C21H20ClN3O4/c1-27-17-9-14(10-18(11-17)28-2)21(26)25(16-7-8-16)12-19-23-24-20(29-19)13-3-5-15(22)6-4-13/h3-6,9-11,16H,7-8,12H2,1-2H3. The van der Waals surface area contributed by atoms with E-state index in [4.69, 9.17) is 25.5 Å². The number of nitrogens with zero attached hydrogens (tertiary/aromatic N) is 3. The zero-order valence-electron chi connectivity index (χ0n) is 16.1. The molecule has 0 atom stereocenters. The van der Waals surface area contributed by atoms with Crippen LogP contribution in [0.4, 0.5) is 0 Å². The van der Waals surface area contributed by atoms with Crippen LogP contribution in [0.25, 0.3) is 11.5 Å². The number of halogens is 1. The van der Waals surface area contributed by atoms with Crippen LogP contribution in [0, 0.1) is 0 Å². The maximum atomic E-state index is 13.2. The number of aromatic nitrogens is 2. The first-order chi connectivity index (χ1) is 14.1. The third kappa shape index (κ3) is 4.35. The van der Waals surface area contributed by atoms with Gasteiger partial charge in [0, 0.05) is 28.3 Å². The summed E-state index contributed by atoms with van der Waals surface area (Å²) in [6, 6.07) is 12.4. The molecule has 1 aliphatic carbocycles. The Morgan fingerprint density at radius 3 is 2.34 bits per heavy atom. The molecule has 1 aliphatic rings. The second-order valence-electron chi connectivity index (χ2n) is 6.77. The summed E-state index contributed by atoms with van der Waals surface area (Å²) in [5, 5.41) is 8.85. The molecule has 1 fully saturated rings. The summed E-state index contributed by atoms with van der Waals surface area (Å²) in [6.45, 7) is 0.240. The molecular formula is C21H20ClN3O4. The highest BCUT2D eigenvalue weighted by Gasteiger charge is 2.34. The molecule has 0 saturated heterocycles. The van der Waals surface area contributed by atoms with Crippen molar-refractivity contribution in [1.29, 1.82) is 0 Å². The molecule has 8 heteroatoms. The molecule has 150 valence electrons. The van der Waals surface area contributed by atoms with Gasteiger partial charge in [-0.25, -0.2) is 0 Å². The van der Waals surface area contributed by atoms with Gasteiger partial charge in [-0.15, -0.1) is 10.2 Å². The molecule has 7 nitrogen and oxygen atoms in total. The van der Waals surface area contributed by atoms with E-state index in [1.54, 1.807) is 49.5 Å². The summed E-state index contributed by atoms with van der Waals surface area (Å²) in [6.07, 6.45) is 1.90. The van der Waals surface area contributed by atoms with E-state index in [0.29, 0.717) is 33.9 Å². The third-order valence-corrected chi connectivity index (χ3v) is 4.96. The van der Waals surface area contributed by atoms with Crippen molar-refractivity contribution in [3.8, 4) is 23.0 Å². The summed E-state index contributed by atoms with van der Waals surface area (Å²) in [7, 11) is 3.11. The molecule has 0 aliphatic heterocycles. The predicted molar refractivity (Wildman–Crippen MR) is 107 cm³/mol. The highest BCUT2D eigenvalue weighted by molar-refractivity contribution is 6.30. The van der Waals surface area contributed by atoms with E-state index in [9.17, 15) is 4.79 Å². The molecule has 1 amide bonds. The maximum absolute atomic E-state index is 13.2. The second kappa shape index (κ2) is 8.13. The number of carbonyl (C=O) groups is 1. The Labute approximate surface area is 173 Å². The molecule has 1 heterocycles. The summed E-state index contributed by atoms with van der Waals surface area (Å²) >= 11 is 5.92. The molecule has 4 rings (SSSR count). The van der Waals surface area contributed by atoms with Gasteiger partial charge in [0.05, 0.1) is 20.8 Å². The Bertz CT molecular complexity index is 993. The summed E-state index contributed by atoms with van der Waals surface area (Å²) in [4.78, 5) is 14.9. The smallest absolute Gasteiger partial charge is 0.254 e. The van der Waals surface area contributed by atoms with Gasteiger partial charge >= 0.3 is 0 Å². The number of rotatable bonds is 7. The molecule has 29 heavy (non-hydrogen) atoms. The first-order valence-corrected chi connectivity index (χ1v) is 9.57. The fraction of sp³-hybridized carbons (Fsp3) is 0.286. The Morgan fingerprint density at radius 2 is 1.76 bits per heavy atom. The van der Waals surface area contributed by atoms with Crippen molar-refractivity contribution in [3.63, 3.8) is 0 Å². The lowest BCUT2D eigenvalue weighted by Gasteiger charge is -2.21. The highest BCUT2D eigenvalue weighted by atomic mass is 35.5. The fourth-order valence-corrected chi connectivity index (χ4v) is 3.15. The largest absolute Gasteiger partial charge is 0.497 e. The van der Waals surface area contributed by atoms with Crippen LogP contribution >= 0.6 is 11.6 Å². The van der Waals surface area contributed by atoms with Crippen LogP contribution in [-0.4, -0.2) is 41.3 Å². The van der Waals surface area contributed by atoms with Gasteiger partial charge in [0.2, 0.25) is 11.8 Å². The van der Waals surface area contributed by atoms with Gasteiger partial charge in [-0.05, 0) is 49.2 Å². The molecule has 0 bridgehead atoms. The van der Waals surface area contributed by atoms with Crippen LogP contribution in [0.1, 0.15) is 29.1 Å². The van der Waals surface area contributed by atoms with Crippen LogP contribution < -0.4 is 9.47 Å². The van der Waals surface area contributed by atoms with E-state index in [1.807, 2.05) is 12.1 Å². The number of methoxy groups -OCH3 is 2. The molecule has 0 radical (unpaired) electrons. The summed E-state index contributed by atoms with van der Waals surface area (Å²) in [5.74, 6) is 1.77. The van der Waals surface area contributed by atoms with E-state index in [1.165, 1.54) is 0 Å². The lowest BCUT2D eigenvalue weighted by Crippen LogP contribution is -2.32. The van der Waals surface area contributed by atoms with E-state index in [0.717, 1.165) is 18.4 Å². The number of carbonyl (C=O) groups excluding carboxylic acids is 1. The molecule has 1 saturated carbocycles. The van der Waals surface area contributed by atoms with Crippen molar-refractivity contribution >= 4 is 17.5 Å². The summed E-state index contributed by atoms with van der Waals surface area (Å²) < 4.78 is 16.3. The number of hydrogen-bond donors (Lipinski definition) is 0. The molecule has 0 N–H and O–H groups in total. The third-order valence-electron chi connectivity index (χ3n) is 4.71. The van der Waals surface area contributed by atoms with Crippen LogP contribution in [0.5, 0.6) is 11.5 Å². The van der Waals surface area contributed by atoms with Crippen LogP contribution in [0.3, 0.4) is 0 Å². The zero-order valence-corrected chi connectivity index (χ0v) is 16.8. The van der Waals surface area contributed by atoms with E-state index >= 15 is 0 Å². The van der Waals surface area contributed by atoms with Crippen molar-refractivity contribution in [3.05, 3.63) is 58.9 Å². The van der Waals surface area contributed by atoms with Gasteiger partial charge in [-0.1, -0.05) is 11.6 Å². The van der Waals surface area contributed by atoms with Gasteiger partial charge < -0.3 is 18.8 Å². The van der Waals surface area contributed by atoms with Crippen molar-refractivity contribution in [2.75, 3.05) is 14.2 Å².